The van der Waals surface area contributed by atoms with E-state index in [0.717, 1.165) is 0 Å². The lowest BCUT2D eigenvalue weighted by atomic mass is 10.2. The number of carboxylic acids is 1. The topological polar surface area (TPSA) is 63.3 Å². The summed E-state index contributed by atoms with van der Waals surface area (Å²) in [6.07, 6.45) is 0. The minimum absolute atomic E-state index is 0.664. The van der Waals surface area contributed by atoms with E-state index in [4.69, 9.17) is 10.8 Å². The zero-order valence-corrected chi connectivity index (χ0v) is 5.97. The summed E-state index contributed by atoms with van der Waals surface area (Å²) in [5.74, 6) is -0.988. The van der Waals surface area contributed by atoms with Gasteiger partial charge < -0.3 is 10.8 Å². The van der Waals surface area contributed by atoms with Gasteiger partial charge >= 0.3 is 5.97 Å². The van der Waals surface area contributed by atoms with Gasteiger partial charge in [0.1, 0.15) is 6.04 Å². The van der Waals surface area contributed by atoms with Crippen LogP contribution in [0.15, 0.2) is 16.8 Å². The molecule has 0 bridgehead atoms. The normalized spacial score (nSPS) is 12.9. The standard InChI is InChI=1S/C6H7NO2S/c7-5(6(8)9)4-1-2-10-3-4/h1-3,5H,7H2,(H,8,9). The number of hydrogen-bond donors (Lipinski definition) is 2. The number of aliphatic carboxylic acids is 1. The highest BCUT2D eigenvalue weighted by molar-refractivity contribution is 7.08. The number of nitrogens with two attached hydrogens (primary N) is 1. The third-order valence-electron chi connectivity index (χ3n) is 1.17. The van der Waals surface area contributed by atoms with Crippen LogP contribution in [0.25, 0.3) is 0 Å². The SMILES string of the molecule is NC(C(=O)O)c1ccsc1. The lowest BCUT2D eigenvalue weighted by Gasteiger charge is -2.00. The molecule has 0 aliphatic heterocycles. The van der Waals surface area contributed by atoms with Gasteiger partial charge in [-0.3, -0.25) is 4.79 Å². The molecule has 0 aliphatic rings. The molecule has 1 rings (SSSR count). The molecule has 54 valence electrons. The Kier molecular flexibility index (Phi) is 2.03. The first-order chi connectivity index (χ1) is 4.72. The van der Waals surface area contributed by atoms with E-state index < -0.39 is 12.0 Å². The predicted octanol–water partition coefficient (Wildman–Crippen LogP) is 0.833. The average molecular weight is 157 g/mol. The summed E-state index contributed by atoms with van der Waals surface area (Å²) in [5, 5.41) is 12.0. The molecule has 1 aromatic heterocycles. The zero-order valence-electron chi connectivity index (χ0n) is 5.15. The zero-order chi connectivity index (χ0) is 7.56. The molecule has 0 saturated carbocycles. The molecule has 10 heavy (non-hydrogen) atoms. The Hall–Kier alpha value is -0.870. The molecule has 0 saturated heterocycles. The number of thiophene rings is 1. The molecule has 1 unspecified atom stereocenters. The Morgan fingerprint density at radius 2 is 2.50 bits per heavy atom. The Labute approximate surface area is 62.1 Å². The van der Waals surface area contributed by atoms with E-state index in [9.17, 15) is 4.79 Å². The summed E-state index contributed by atoms with van der Waals surface area (Å²) in [4.78, 5) is 10.3. The van der Waals surface area contributed by atoms with E-state index in [1.54, 1.807) is 16.8 Å². The predicted molar refractivity (Wildman–Crippen MR) is 38.9 cm³/mol. The van der Waals surface area contributed by atoms with Crippen LogP contribution >= 0.6 is 11.3 Å². The maximum atomic E-state index is 10.3. The van der Waals surface area contributed by atoms with Crippen molar-refractivity contribution < 1.29 is 9.90 Å². The minimum atomic E-state index is -0.988. The molecule has 1 atom stereocenters. The highest BCUT2D eigenvalue weighted by Gasteiger charge is 2.13. The lowest BCUT2D eigenvalue weighted by molar-refractivity contribution is -0.138. The van der Waals surface area contributed by atoms with Crippen LogP contribution in [0.2, 0.25) is 0 Å². The molecule has 3 N–H and O–H groups in total. The van der Waals surface area contributed by atoms with Gasteiger partial charge in [-0.1, -0.05) is 0 Å². The summed E-state index contributed by atoms with van der Waals surface area (Å²) in [5.41, 5.74) is 5.95. The first-order valence-electron chi connectivity index (χ1n) is 2.72. The number of rotatable bonds is 2. The van der Waals surface area contributed by atoms with Crippen molar-refractivity contribution in [1.82, 2.24) is 0 Å². The quantitative estimate of drug-likeness (QED) is 0.668. The second-order valence-corrected chi connectivity index (χ2v) is 2.65. The number of hydrogen-bond acceptors (Lipinski definition) is 3. The highest BCUT2D eigenvalue weighted by atomic mass is 32.1. The van der Waals surface area contributed by atoms with E-state index in [1.165, 1.54) is 11.3 Å². The smallest absolute Gasteiger partial charge is 0.325 e. The molecular formula is C6H7NO2S. The molecule has 1 heterocycles. The van der Waals surface area contributed by atoms with Crippen LogP contribution in [0, 0.1) is 0 Å². The van der Waals surface area contributed by atoms with E-state index in [1.807, 2.05) is 0 Å². The molecule has 0 fully saturated rings. The fourth-order valence-electron chi connectivity index (χ4n) is 0.595. The van der Waals surface area contributed by atoms with Gasteiger partial charge in [0, 0.05) is 0 Å². The van der Waals surface area contributed by atoms with Gasteiger partial charge in [0.05, 0.1) is 0 Å². The van der Waals surface area contributed by atoms with Gasteiger partial charge in [-0.15, -0.1) is 0 Å². The van der Waals surface area contributed by atoms with Gasteiger partial charge in [0.15, 0.2) is 0 Å². The van der Waals surface area contributed by atoms with Crippen molar-refractivity contribution in [3.63, 3.8) is 0 Å². The van der Waals surface area contributed by atoms with Crippen molar-refractivity contribution >= 4 is 17.3 Å². The van der Waals surface area contributed by atoms with Crippen LogP contribution in [0.1, 0.15) is 11.6 Å². The van der Waals surface area contributed by atoms with Crippen LogP contribution in [-0.4, -0.2) is 11.1 Å². The van der Waals surface area contributed by atoms with E-state index in [2.05, 4.69) is 0 Å². The third-order valence-corrected chi connectivity index (χ3v) is 1.87. The molecular weight excluding hydrogens is 150 g/mol. The maximum absolute atomic E-state index is 10.3. The van der Waals surface area contributed by atoms with Crippen molar-refractivity contribution in [1.29, 1.82) is 0 Å². The fraction of sp³-hybridized carbons (Fsp3) is 0.167. The molecule has 0 amide bonds. The summed E-state index contributed by atoms with van der Waals surface area (Å²) >= 11 is 1.44. The average Bonchev–Trinajstić information content (AvgIpc) is 2.36. The number of carboxylic acid groups (broad SMARTS) is 1. The third kappa shape index (κ3) is 1.34. The van der Waals surface area contributed by atoms with Crippen molar-refractivity contribution in [2.24, 2.45) is 5.73 Å². The molecule has 0 aromatic carbocycles. The van der Waals surface area contributed by atoms with E-state index in [0.29, 0.717) is 5.56 Å². The lowest BCUT2D eigenvalue weighted by Crippen LogP contribution is -2.19. The summed E-state index contributed by atoms with van der Waals surface area (Å²) in [6.45, 7) is 0. The molecule has 4 heteroatoms. The Bertz CT molecular complexity index is 220. The first-order valence-corrected chi connectivity index (χ1v) is 3.66. The summed E-state index contributed by atoms with van der Waals surface area (Å²) in [6, 6.07) is 0.843. The molecule has 1 aromatic rings. The first kappa shape index (κ1) is 7.24. The second-order valence-electron chi connectivity index (χ2n) is 1.87. The van der Waals surface area contributed by atoms with E-state index in [-0.39, 0.29) is 0 Å². The van der Waals surface area contributed by atoms with Crippen molar-refractivity contribution in [3.8, 4) is 0 Å². The van der Waals surface area contributed by atoms with Crippen molar-refractivity contribution in [2.45, 2.75) is 6.04 Å². The fourth-order valence-corrected chi connectivity index (χ4v) is 1.29. The van der Waals surface area contributed by atoms with Gasteiger partial charge in [-0.05, 0) is 22.4 Å². The van der Waals surface area contributed by atoms with Gasteiger partial charge in [-0.25, -0.2) is 0 Å². The molecule has 0 spiro atoms. The van der Waals surface area contributed by atoms with E-state index >= 15 is 0 Å². The largest absolute Gasteiger partial charge is 0.480 e. The van der Waals surface area contributed by atoms with Gasteiger partial charge in [0.2, 0.25) is 0 Å². The van der Waals surface area contributed by atoms with Gasteiger partial charge in [0.25, 0.3) is 0 Å². The monoisotopic (exact) mass is 157 g/mol. The van der Waals surface area contributed by atoms with Crippen LogP contribution in [0.3, 0.4) is 0 Å². The highest BCUT2D eigenvalue weighted by Crippen LogP contribution is 2.13. The summed E-state index contributed by atoms with van der Waals surface area (Å²) in [7, 11) is 0. The molecule has 0 aliphatic carbocycles. The van der Waals surface area contributed by atoms with Crippen LogP contribution in [-0.2, 0) is 4.79 Å². The van der Waals surface area contributed by atoms with Crippen molar-refractivity contribution in [2.75, 3.05) is 0 Å². The van der Waals surface area contributed by atoms with Crippen LogP contribution in [0.5, 0.6) is 0 Å². The Morgan fingerprint density at radius 3 is 2.90 bits per heavy atom. The maximum Gasteiger partial charge on any atom is 0.325 e. The van der Waals surface area contributed by atoms with Gasteiger partial charge in [-0.2, -0.15) is 11.3 Å². The summed E-state index contributed by atoms with van der Waals surface area (Å²) < 4.78 is 0. The number of carbonyl (C=O) groups is 1. The second kappa shape index (κ2) is 2.81. The van der Waals surface area contributed by atoms with Crippen LogP contribution < -0.4 is 5.73 Å². The Morgan fingerprint density at radius 1 is 1.80 bits per heavy atom. The van der Waals surface area contributed by atoms with Crippen LogP contribution in [0.4, 0.5) is 0 Å². The minimum Gasteiger partial charge on any atom is -0.480 e. The Balaban J connectivity index is 2.77. The van der Waals surface area contributed by atoms with Crippen molar-refractivity contribution in [3.05, 3.63) is 22.4 Å². The molecule has 0 radical (unpaired) electrons. The molecule has 3 nitrogen and oxygen atoms in total.